The molecule has 0 spiro atoms. The maximum Gasteiger partial charge on any atom is 0.269 e. The van der Waals surface area contributed by atoms with Gasteiger partial charge < -0.3 is 10.6 Å². The summed E-state index contributed by atoms with van der Waals surface area (Å²) < 4.78 is 0. The summed E-state index contributed by atoms with van der Waals surface area (Å²) in [6.07, 6.45) is 1.29. The van der Waals surface area contributed by atoms with E-state index in [-0.39, 0.29) is 42.5 Å². The summed E-state index contributed by atoms with van der Waals surface area (Å²) in [7, 11) is 0. The molecular formula is C15H22ClN3O3. The molecule has 3 unspecified atom stereocenters. The Balaban J connectivity index is 0.00000242. The number of nitro groups is 1. The average molecular weight is 328 g/mol. The van der Waals surface area contributed by atoms with Gasteiger partial charge in [-0.1, -0.05) is 19.1 Å². The van der Waals surface area contributed by atoms with E-state index in [2.05, 4.69) is 24.5 Å². The fourth-order valence-electron chi connectivity index (χ4n) is 2.76. The highest BCUT2D eigenvalue weighted by Gasteiger charge is 2.28. The van der Waals surface area contributed by atoms with Crippen molar-refractivity contribution in [2.45, 2.75) is 38.8 Å². The van der Waals surface area contributed by atoms with Crippen molar-refractivity contribution in [2.24, 2.45) is 5.92 Å². The Labute approximate surface area is 136 Å². The Kier molecular flexibility index (Phi) is 6.77. The van der Waals surface area contributed by atoms with Crippen LogP contribution in [0.25, 0.3) is 0 Å². The molecule has 22 heavy (non-hydrogen) atoms. The van der Waals surface area contributed by atoms with Crippen molar-refractivity contribution in [1.82, 2.24) is 10.6 Å². The zero-order valence-corrected chi connectivity index (χ0v) is 13.6. The van der Waals surface area contributed by atoms with Crippen molar-refractivity contribution >= 4 is 24.0 Å². The molecule has 0 aliphatic carbocycles. The maximum atomic E-state index is 12.1. The van der Waals surface area contributed by atoms with E-state index in [0.717, 1.165) is 18.5 Å². The third-order valence-electron chi connectivity index (χ3n) is 4.06. The Hall–Kier alpha value is -1.66. The molecule has 1 heterocycles. The molecule has 0 radical (unpaired) electrons. The van der Waals surface area contributed by atoms with Crippen molar-refractivity contribution in [3.8, 4) is 0 Å². The van der Waals surface area contributed by atoms with Gasteiger partial charge in [0.1, 0.15) is 0 Å². The molecule has 0 saturated carbocycles. The minimum Gasteiger partial charge on any atom is -0.351 e. The zero-order chi connectivity index (χ0) is 15.4. The number of nitrogens with zero attached hydrogens (tertiary/aromatic N) is 1. The van der Waals surface area contributed by atoms with Gasteiger partial charge in [0.2, 0.25) is 5.91 Å². The van der Waals surface area contributed by atoms with E-state index in [1.807, 2.05) is 0 Å². The molecule has 2 N–H and O–H groups in total. The van der Waals surface area contributed by atoms with Crippen LogP contribution in [0.2, 0.25) is 0 Å². The minimum absolute atomic E-state index is 0. The highest BCUT2D eigenvalue weighted by Crippen LogP contribution is 2.17. The number of carbonyl (C=O) groups excluding carboxylic acids is 1. The molecular weight excluding hydrogens is 306 g/mol. The van der Waals surface area contributed by atoms with Gasteiger partial charge in [-0.3, -0.25) is 14.9 Å². The second kappa shape index (κ2) is 8.10. The van der Waals surface area contributed by atoms with Crippen LogP contribution in [0.3, 0.4) is 0 Å². The van der Waals surface area contributed by atoms with Gasteiger partial charge in [-0.2, -0.15) is 0 Å². The molecule has 3 atom stereocenters. The van der Waals surface area contributed by atoms with Gasteiger partial charge in [0.05, 0.1) is 11.3 Å². The van der Waals surface area contributed by atoms with Crippen LogP contribution in [0.5, 0.6) is 0 Å². The van der Waals surface area contributed by atoms with Crippen LogP contribution >= 0.6 is 12.4 Å². The first-order valence-electron chi connectivity index (χ1n) is 7.23. The summed E-state index contributed by atoms with van der Waals surface area (Å²) in [5.41, 5.74) is 0.819. The number of hydrogen-bond acceptors (Lipinski definition) is 4. The molecule has 1 aliphatic rings. The average Bonchev–Trinajstić information content (AvgIpc) is 2.43. The Morgan fingerprint density at radius 1 is 1.36 bits per heavy atom. The molecule has 1 aromatic carbocycles. The molecule has 6 nitrogen and oxygen atoms in total. The Morgan fingerprint density at radius 3 is 2.55 bits per heavy atom. The number of carbonyl (C=O) groups is 1. The van der Waals surface area contributed by atoms with Crippen molar-refractivity contribution in [3.63, 3.8) is 0 Å². The van der Waals surface area contributed by atoms with E-state index in [1.165, 1.54) is 12.1 Å². The van der Waals surface area contributed by atoms with Crippen LogP contribution in [-0.4, -0.2) is 29.5 Å². The quantitative estimate of drug-likeness (QED) is 0.655. The lowest BCUT2D eigenvalue weighted by Crippen LogP contribution is -2.56. The van der Waals surface area contributed by atoms with Gasteiger partial charge in [-0.05, 0) is 31.4 Å². The van der Waals surface area contributed by atoms with Gasteiger partial charge in [0.15, 0.2) is 0 Å². The number of piperidine rings is 1. The molecule has 0 aromatic heterocycles. The van der Waals surface area contributed by atoms with Crippen molar-refractivity contribution in [3.05, 3.63) is 39.9 Å². The second-order valence-corrected chi connectivity index (χ2v) is 5.70. The number of halogens is 1. The lowest BCUT2D eigenvalue weighted by Gasteiger charge is -2.36. The first-order valence-corrected chi connectivity index (χ1v) is 7.23. The van der Waals surface area contributed by atoms with Crippen LogP contribution < -0.4 is 10.6 Å². The molecule has 122 valence electrons. The smallest absolute Gasteiger partial charge is 0.269 e. The fraction of sp³-hybridized carbons (Fsp3) is 0.533. The fourth-order valence-corrected chi connectivity index (χ4v) is 2.76. The SMILES string of the molecule is CC1CCNC(C)C1NC(=O)Cc1ccc([N+](=O)[O-])cc1.Cl. The van der Waals surface area contributed by atoms with E-state index in [4.69, 9.17) is 0 Å². The van der Waals surface area contributed by atoms with E-state index in [1.54, 1.807) is 12.1 Å². The normalized spacial score (nSPS) is 24.2. The molecule has 1 amide bonds. The molecule has 0 bridgehead atoms. The topological polar surface area (TPSA) is 84.3 Å². The van der Waals surface area contributed by atoms with Crippen LogP contribution in [0.1, 0.15) is 25.8 Å². The molecule has 2 rings (SSSR count). The molecule has 1 aromatic rings. The summed E-state index contributed by atoms with van der Waals surface area (Å²) >= 11 is 0. The third-order valence-corrected chi connectivity index (χ3v) is 4.06. The van der Waals surface area contributed by atoms with Crippen molar-refractivity contribution in [1.29, 1.82) is 0 Å². The van der Waals surface area contributed by atoms with Gasteiger partial charge in [-0.25, -0.2) is 0 Å². The minimum atomic E-state index is -0.444. The van der Waals surface area contributed by atoms with Crippen LogP contribution in [0, 0.1) is 16.0 Å². The number of hydrogen-bond donors (Lipinski definition) is 2. The Bertz CT molecular complexity index is 511. The summed E-state index contributed by atoms with van der Waals surface area (Å²) in [5.74, 6) is 0.401. The summed E-state index contributed by atoms with van der Waals surface area (Å²) in [4.78, 5) is 22.3. The first-order chi connectivity index (χ1) is 9.97. The lowest BCUT2D eigenvalue weighted by molar-refractivity contribution is -0.384. The standard InChI is InChI=1S/C15H21N3O3.ClH/c1-10-7-8-16-11(2)15(10)17-14(19)9-12-3-5-13(6-4-12)18(20)21;/h3-6,10-11,15-16H,7-9H2,1-2H3,(H,17,19);1H. The first kappa shape index (κ1) is 18.4. The highest BCUT2D eigenvalue weighted by molar-refractivity contribution is 5.85. The second-order valence-electron chi connectivity index (χ2n) is 5.70. The molecule has 7 heteroatoms. The number of amides is 1. The number of non-ortho nitro benzene ring substituents is 1. The summed E-state index contributed by atoms with van der Waals surface area (Å²) in [5, 5.41) is 17.0. The van der Waals surface area contributed by atoms with Crippen molar-refractivity contribution < 1.29 is 9.72 Å². The molecule has 1 aliphatic heterocycles. The lowest BCUT2D eigenvalue weighted by atomic mass is 9.89. The molecule has 1 saturated heterocycles. The number of benzene rings is 1. The summed E-state index contributed by atoms with van der Waals surface area (Å²) in [6, 6.07) is 6.50. The molecule has 1 fully saturated rings. The largest absolute Gasteiger partial charge is 0.351 e. The zero-order valence-electron chi connectivity index (χ0n) is 12.7. The number of nitro benzene ring substituents is 1. The van der Waals surface area contributed by atoms with E-state index in [9.17, 15) is 14.9 Å². The van der Waals surface area contributed by atoms with Crippen LogP contribution in [-0.2, 0) is 11.2 Å². The van der Waals surface area contributed by atoms with Gasteiger partial charge >= 0.3 is 0 Å². The Morgan fingerprint density at radius 2 is 2.00 bits per heavy atom. The summed E-state index contributed by atoms with van der Waals surface area (Å²) in [6.45, 7) is 5.21. The predicted molar refractivity (Wildman–Crippen MR) is 87.2 cm³/mol. The van der Waals surface area contributed by atoms with Gasteiger partial charge in [-0.15, -0.1) is 12.4 Å². The van der Waals surface area contributed by atoms with E-state index >= 15 is 0 Å². The van der Waals surface area contributed by atoms with Crippen LogP contribution in [0.15, 0.2) is 24.3 Å². The van der Waals surface area contributed by atoms with E-state index < -0.39 is 4.92 Å². The third kappa shape index (κ3) is 4.68. The van der Waals surface area contributed by atoms with Gasteiger partial charge in [0.25, 0.3) is 5.69 Å². The van der Waals surface area contributed by atoms with Crippen LogP contribution in [0.4, 0.5) is 5.69 Å². The monoisotopic (exact) mass is 327 g/mol. The van der Waals surface area contributed by atoms with Gasteiger partial charge in [0, 0.05) is 24.2 Å². The maximum absolute atomic E-state index is 12.1. The van der Waals surface area contributed by atoms with Crippen molar-refractivity contribution in [2.75, 3.05) is 6.54 Å². The van der Waals surface area contributed by atoms with E-state index in [0.29, 0.717) is 5.92 Å². The number of nitrogens with one attached hydrogen (secondary N) is 2. The number of rotatable bonds is 4. The highest BCUT2D eigenvalue weighted by atomic mass is 35.5. The predicted octanol–water partition coefficient (Wildman–Crippen LogP) is 2.06.